The number of carbonyl (C=O) groups is 1. The van der Waals surface area contributed by atoms with Crippen LogP contribution in [0.2, 0.25) is 0 Å². The Kier molecular flexibility index (Phi) is 3.88. The third kappa shape index (κ3) is 3.33. The van der Waals surface area contributed by atoms with Crippen molar-refractivity contribution in [3.8, 4) is 5.75 Å². The molecule has 112 valence electrons. The fourth-order valence-corrected chi connectivity index (χ4v) is 1.74. The van der Waals surface area contributed by atoms with E-state index in [4.69, 9.17) is 10.5 Å². The molecule has 0 aliphatic rings. The number of alkyl halides is 3. The highest BCUT2D eigenvalue weighted by Crippen LogP contribution is 2.31. The summed E-state index contributed by atoms with van der Waals surface area (Å²) in [6, 6.07) is 5.39. The maximum atomic E-state index is 12.6. The van der Waals surface area contributed by atoms with Crippen molar-refractivity contribution in [1.82, 2.24) is 9.78 Å². The third-order valence-corrected chi connectivity index (χ3v) is 2.68. The van der Waals surface area contributed by atoms with Crippen LogP contribution in [0.1, 0.15) is 23.0 Å². The number of carbonyl (C=O) groups excluding carboxylic acids is 1. The van der Waals surface area contributed by atoms with Crippen LogP contribution in [0, 0.1) is 0 Å². The molecular formula is C13H12F3N3O2. The first kappa shape index (κ1) is 14.9. The van der Waals surface area contributed by atoms with E-state index < -0.39 is 17.7 Å². The molecule has 1 aromatic carbocycles. The molecule has 0 amide bonds. The molecule has 0 bridgehead atoms. The number of nitrogens with two attached hydrogens (primary N) is 1. The quantitative estimate of drug-likeness (QED) is 0.699. The lowest BCUT2D eigenvalue weighted by molar-refractivity contribution is -0.137. The van der Waals surface area contributed by atoms with Crippen LogP contribution in [0.4, 0.5) is 19.0 Å². The number of nitrogen functional groups attached to an aromatic ring is 1. The highest BCUT2D eigenvalue weighted by atomic mass is 19.4. The molecule has 0 aliphatic carbocycles. The summed E-state index contributed by atoms with van der Waals surface area (Å²) < 4.78 is 44.0. The van der Waals surface area contributed by atoms with Crippen LogP contribution in [0.5, 0.6) is 5.75 Å². The predicted molar refractivity (Wildman–Crippen MR) is 68.7 cm³/mol. The van der Waals surface area contributed by atoms with Crippen LogP contribution in [-0.2, 0) is 12.7 Å². The zero-order valence-electron chi connectivity index (χ0n) is 11.0. The van der Waals surface area contributed by atoms with E-state index >= 15 is 0 Å². The van der Waals surface area contributed by atoms with Gasteiger partial charge in [0.25, 0.3) is 0 Å². The van der Waals surface area contributed by atoms with E-state index in [2.05, 4.69) is 5.10 Å². The van der Waals surface area contributed by atoms with Crippen molar-refractivity contribution in [2.24, 2.45) is 0 Å². The summed E-state index contributed by atoms with van der Waals surface area (Å²) in [6.07, 6.45) is -4.50. The van der Waals surface area contributed by atoms with E-state index in [0.29, 0.717) is 6.54 Å². The Morgan fingerprint density at radius 3 is 2.71 bits per heavy atom. The van der Waals surface area contributed by atoms with Gasteiger partial charge in [-0.1, -0.05) is 6.07 Å². The first-order valence-corrected chi connectivity index (χ1v) is 6.04. The van der Waals surface area contributed by atoms with Gasteiger partial charge in [-0.3, -0.25) is 4.68 Å². The monoisotopic (exact) mass is 299 g/mol. The van der Waals surface area contributed by atoms with E-state index in [-0.39, 0.29) is 17.3 Å². The molecule has 0 spiro atoms. The standard InChI is InChI=1S/C13H12F3N3O2/c1-2-19-10(7-11(17)18-19)12(20)21-9-5-3-4-8(6-9)13(14,15)16/h3-7H,2H2,1H3,(H2,17,18). The Morgan fingerprint density at radius 2 is 2.10 bits per heavy atom. The van der Waals surface area contributed by atoms with Gasteiger partial charge < -0.3 is 10.5 Å². The molecule has 0 aliphatic heterocycles. The van der Waals surface area contributed by atoms with Gasteiger partial charge in [-0.25, -0.2) is 4.79 Å². The van der Waals surface area contributed by atoms with Crippen molar-refractivity contribution in [3.63, 3.8) is 0 Å². The number of hydrogen-bond donors (Lipinski definition) is 1. The third-order valence-electron chi connectivity index (χ3n) is 2.68. The second kappa shape index (κ2) is 5.47. The first-order chi connectivity index (χ1) is 9.81. The number of rotatable bonds is 3. The molecule has 5 nitrogen and oxygen atoms in total. The largest absolute Gasteiger partial charge is 0.422 e. The number of ether oxygens (including phenoxy) is 1. The molecule has 0 unspecified atom stereocenters. The Bertz CT molecular complexity index is 665. The molecule has 2 rings (SSSR count). The number of nitrogens with zero attached hydrogens (tertiary/aromatic N) is 2. The fourth-order valence-electron chi connectivity index (χ4n) is 1.74. The van der Waals surface area contributed by atoms with Crippen molar-refractivity contribution in [2.45, 2.75) is 19.6 Å². The Hall–Kier alpha value is -2.51. The highest BCUT2D eigenvalue weighted by Gasteiger charge is 2.31. The molecule has 0 fully saturated rings. The molecule has 2 N–H and O–H groups in total. The Morgan fingerprint density at radius 1 is 1.38 bits per heavy atom. The van der Waals surface area contributed by atoms with Crippen LogP contribution >= 0.6 is 0 Å². The molecule has 0 radical (unpaired) electrons. The molecule has 8 heteroatoms. The van der Waals surface area contributed by atoms with Gasteiger partial charge in [0.2, 0.25) is 0 Å². The van der Waals surface area contributed by atoms with Gasteiger partial charge in [0.15, 0.2) is 0 Å². The normalized spacial score (nSPS) is 11.4. The van der Waals surface area contributed by atoms with E-state index in [9.17, 15) is 18.0 Å². The highest BCUT2D eigenvalue weighted by molar-refractivity contribution is 5.90. The second-order valence-electron chi connectivity index (χ2n) is 4.19. The second-order valence-corrected chi connectivity index (χ2v) is 4.19. The number of hydrogen-bond acceptors (Lipinski definition) is 4. The van der Waals surface area contributed by atoms with Crippen molar-refractivity contribution in [3.05, 3.63) is 41.6 Å². The lowest BCUT2D eigenvalue weighted by Gasteiger charge is -2.09. The molecule has 1 heterocycles. The lowest BCUT2D eigenvalue weighted by atomic mass is 10.2. The van der Waals surface area contributed by atoms with Gasteiger partial charge in [0.05, 0.1) is 5.56 Å². The van der Waals surface area contributed by atoms with Gasteiger partial charge in [-0.2, -0.15) is 18.3 Å². The minimum Gasteiger partial charge on any atom is -0.422 e. The van der Waals surface area contributed by atoms with Gasteiger partial charge in [0, 0.05) is 12.6 Å². The number of benzene rings is 1. The lowest BCUT2D eigenvalue weighted by Crippen LogP contribution is -2.15. The van der Waals surface area contributed by atoms with Crippen molar-refractivity contribution in [1.29, 1.82) is 0 Å². The summed E-state index contributed by atoms with van der Waals surface area (Å²) in [5, 5.41) is 3.86. The van der Waals surface area contributed by atoms with Gasteiger partial charge in [-0.05, 0) is 25.1 Å². The first-order valence-electron chi connectivity index (χ1n) is 6.04. The van der Waals surface area contributed by atoms with E-state index in [0.717, 1.165) is 18.2 Å². The van der Waals surface area contributed by atoms with Crippen LogP contribution in [0.15, 0.2) is 30.3 Å². The summed E-state index contributed by atoms with van der Waals surface area (Å²) >= 11 is 0. The van der Waals surface area contributed by atoms with Crippen molar-refractivity contribution in [2.75, 3.05) is 5.73 Å². The Balaban J connectivity index is 2.24. The minimum absolute atomic E-state index is 0.0763. The summed E-state index contributed by atoms with van der Waals surface area (Å²) in [5.41, 5.74) is 4.66. The molecule has 0 atom stereocenters. The summed E-state index contributed by atoms with van der Waals surface area (Å²) in [4.78, 5) is 11.9. The molecule has 0 saturated carbocycles. The van der Waals surface area contributed by atoms with E-state index in [1.54, 1.807) is 6.92 Å². The average molecular weight is 299 g/mol. The predicted octanol–water partition coefficient (Wildman–Crippen LogP) is 2.72. The van der Waals surface area contributed by atoms with Gasteiger partial charge >= 0.3 is 12.1 Å². The summed E-state index contributed by atoms with van der Waals surface area (Å²) in [6.45, 7) is 2.12. The maximum absolute atomic E-state index is 12.6. The number of anilines is 1. The summed E-state index contributed by atoms with van der Waals surface area (Å²) in [7, 11) is 0. The maximum Gasteiger partial charge on any atom is 0.416 e. The number of aryl methyl sites for hydroxylation is 1. The number of halogens is 3. The Labute approximate surface area is 118 Å². The van der Waals surface area contributed by atoms with Gasteiger partial charge in [0.1, 0.15) is 17.3 Å². The molecule has 1 aromatic heterocycles. The molecule has 21 heavy (non-hydrogen) atoms. The van der Waals surface area contributed by atoms with Crippen LogP contribution in [0.3, 0.4) is 0 Å². The molecule has 2 aromatic rings. The van der Waals surface area contributed by atoms with Crippen LogP contribution < -0.4 is 10.5 Å². The van der Waals surface area contributed by atoms with Crippen molar-refractivity contribution >= 4 is 11.8 Å². The van der Waals surface area contributed by atoms with Crippen LogP contribution in [0.25, 0.3) is 0 Å². The zero-order chi connectivity index (χ0) is 15.6. The van der Waals surface area contributed by atoms with Gasteiger partial charge in [-0.15, -0.1) is 0 Å². The number of esters is 1. The van der Waals surface area contributed by atoms with E-state index in [1.807, 2.05) is 0 Å². The molecule has 0 saturated heterocycles. The zero-order valence-corrected chi connectivity index (χ0v) is 11.0. The average Bonchev–Trinajstić information content (AvgIpc) is 2.79. The van der Waals surface area contributed by atoms with Crippen molar-refractivity contribution < 1.29 is 22.7 Å². The fraction of sp³-hybridized carbons (Fsp3) is 0.231. The smallest absolute Gasteiger partial charge is 0.416 e. The van der Waals surface area contributed by atoms with Crippen LogP contribution in [-0.4, -0.2) is 15.7 Å². The summed E-state index contributed by atoms with van der Waals surface area (Å²) in [5.74, 6) is -0.884. The minimum atomic E-state index is -4.50. The topological polar surface area (TPSA) is 70.1 Å². The molecular weight excluding hydrogens is 287 g/mol. The number of aromatic nitrogens is 2. The van der Waals surface area contributed by atoms with E-state index in [1.165, 1.54) is 16.8 Å². The SMILES string of the molecule is CCn1nc(N)cc1C(=O)Oc1cccc(C(F)(F)F)c1.